The first kappa shape index (κ1) is 11.6. The maximum atomic E-state index is 9.98. The van der Waals surface area contributed by atoms with E-state index in [0.717, 1.165) is 19.6 Å². The summed E-state index contributed by atoms with van der Waals surface area (Å²) in [6.45, 7) is 5.03. The minimum absolute atomic E-state index is 0.321. The Balaban J connectivity index is 1.82. The molecule has 16 heavy (non-hydrogen) atoms. The molecular weight excluding hydrogens is 200 g/mol. The van der Waals surface area contributed by atoms with Gasteiger partial charge in [-0.05, 0) is 12.5 Å². The van der Waals surface area contributed by atoms with Crippen LogP contribution in [0.15, 0.2) is 30.3 Å². The summed E-state index contributed by atoms with van der Waals surface area (Å²) in [6.07, 6.45) is 0. The Morgan fingerprint density at radius 2 is 2.00 bits per heavy atom. The first-order valence-electron chi connectivity index (χ1n) is 5.80. The van der Waals surface area contributed by atoms with Gasteiger partial charge >= 0.3 is 0 Å². The second-order valence-corrected chi connectivity index (χ2v) is 4.94. The Bertz CT molecular complexity index is 331. The van der Waals surface area contributed by atoms with Crippen LogP contribution in [0.25, 0.3) is 0 Å². The minimum atomic E-state index is -0.701. The van der Waals surface area contributed by atoms with E-state index in [4.69, 9.17) is 5.73 Å². The number of hydrogen-bond acceptors (Lipinski definition) is 3. The van der Waals surface area contributed by atoms with Gasteiger partial charge in [0.05, 0.1) is 5.60 Å². The van der Waals surface area contributed by atoms with Crippen LogP contribution in [-0.2, 0) is 6.54 Å². The molecule has 2 rings (SSSR count). The van der Waals surface area contributed by atoms with Gasteiger partial charge in [-0.2, -0.15) is 0 Å². The average molecular weight is 220 g/mol. The van der Waals surface area contributed by atoms with Gasteiger partial charge in [0.15, 0.2) is 0 Å². The van der Waals surface area contributed by atoms with E-state index in [-0.39, 0.29) is 0 Å². The molecule has 1 atom stereocenters. The van der Waals surface area contributed by atoms with Crippen LogP contribution >= 0.6 is 0 Å². The lowest BCUT2D eigenvalue weighted by atomic mass is 9.83. The third kappa shape index (κ3) is 2.43. The monoisotopic (exact) mass is 220 g/mol. The summed E-state index contributed by atoms with van der Waals surface area (Å²) in [5, 5.41) is 9.98. The molecule has 0 saturated carbocycles. The van der Waals surface area contributed by atoms with Crippen LogP contribution in [0.2, 0.25) is 0 Å². The van der Waals surface area contributed by atoms with Crippen molar-refractivity contribution in [2.45, 2.75) is 19.1 Å². The minimum Gasteiger partial charge on any atom is -0.388 e. The molecule has 1 aliphatic rings. The van der Waals surface area contributed by atoms with Crippen molar-refractivity contribution in [2.75, 3.05) is 19.6 Å². The normalized spacial score (nSPS) is 21.4. The van der Waals surface area contributed by atoms with Gasteiger partial charge in [-0.3, -0.25) is 4.90 Å². The Morgan fingerprint density at radius 1 is 1.38 bits per heavy atom. The number of nitrogens with zero attached hydrogens (tertiary/aromatic N) is 1. The Labute approximate surface area is 96.9 Å². The molecular formula is C13H20N2O. The second-order valence-electron chi connectivity index (χ2n) is 4.94. The van der Waals surface area contributed by atoms with Gasteiger partial charge < -0.3 is 10.8 Å². The van der Waals surface area contributed by atoms with E-state index < -0.39 is 5.60 Å². The van der Waals surface area contributed by atoms with E-state index in [0.29, 0.717) is 12.5 Å². The summed E-state index contributed by atoms with van der Waals surface area (Å²) in [7, 11) is 0. The molecule has 3 N–H and O–H groups in total. The lowest BCUT2D eigenvalue weighted by Gasteiger charge is -2.46. The van der Waals surface area contributed by atoms with Crippen molar-refractivity contribution in [3.8, 4) is 0 Å². The van der Waals surface area contributed by atoms with Crippen molar-refractivity contribution < 1.29 is 5.11 Å². The van der Waals surface area contributed by atoms with E-state index in [1.165, 1.54) is 5.56 Å². The number of aliphatic hydroxyl groups is 1. The molecule has 1 saturated heterocycles. The summed E-state index contributed by atoms with van der Waals surface area (Å²) in [6, 6.07) is 10.4. The van der Waals surface area contributed by atoms with E-state index in [1.54, 1.807) is 0 Å². The maximum Gasteiger partial charge on any atom is 0.0793 e. The molecule has 3 heteroatoms. The predicted octanol–water partition coefficient (Wildman–Crippen LogP) is 0.828. The SMILES string of the molecule is CC(O)(CN)C1CN(Cc2ccccc2)C1. The molecule has 1 aliphatic heterocycles. The summed E-state index contributed by atoms with van der Waals surface area (Å²) < 4.78 is 0. The highest BCUT2D eigenvalue weighted by atomic mass is 16.3. The van der Waals surface area contributed by atoms with Crippen molar-refractivity contribution in [1.29, 1.82) is 0 Å². The van der Waals surface area contributed by atoms with Gasteiger partial charge in [-0.15, -0.1) is 0 Å². The zero-order chi connectivity index (χ0) is 11.6. The summed E-state index contributed by atoms with van der Waals surface area (Å²) >= 11 is 0. The van der Waals surface area contributed by atoms with Crippen LogP contribution in [0.3, 0.4) is 0 Å². The summed E-state index contributed by atoms with van der Waals surface area (Å²) in [5.74, 6) is 0.321. The summed E-state index contributed by atoms with van der Waals surface area (Å²) in [5.41, 5.74) is 6.17. The van der Waals surface area contributed by atoms with Crippen LogP contribution < -0.4 is 5.73 Å². The topological polar surface area (TPSA) is 49.5 Å². The number of likely N-dealkylation sites (tertiary alicyclic amines) is 1. The molecule has 1 heterocycles. The number of benzene rings is 1. The largest absolute Gasteiger partial charge is 0.388 e. The summed E-state index contributed by atoms with van der Waals surface area (Å²) in [4.78, 5) is 2.34. The average Bonchev–Trinajstić information content (AvgIpc) is 2.24. The van der Waals surface area contributed by atoms with Crippen molar-refractivity contribution in [3.63, 3.8) is 0 Å². The van der Waals surface area contributed by atoms with Crippen LogP contribution in [0.1, 0.15) is 12.5 Å². The van der Waals surface area contributed by atoms with Crippen molar-refractivity contribution >= 4 is 0 Å². The molecule has 1 aromatic carbocycles. The standard InChI is InChI=1S/C13H20N2O/c1-13(16,10-14)12-8-15(9-12)7-11-5-3-2-4-6-11/h2-6,12,16H,7-10,14H2,1H3. The lowest BCUT2D eigenvalue weighted by Crippen LogP contribution is -2.58. The molecule has 0 aliphatic carbocycles. The quantitative estimate of drug-likeness (QED) is 0.790. The van der Waals surface area contributed by atoms with Crippen molar-refractivity contribution in [3.05, 3.63) is 35.9 Å². The van der Waals surface area contributed by atoms with Gasteiger partial charge in [-0.25, -0.2) is 0 Å². The Hall–Kier alpha value is -0.900. The van der Waals surface area contributed by atoms with E-state index in [1.807, 2.05) is 13.0 Å². The molecule has 1 aromatic rings. The molecule has 0 spiro atoms. The molecule has 0 bridgehead atoms. The first-order valence-corrected chi connectivity index (χ1v) is 5.80. The predicted molar refractivity (Wildman–Crippen MR) is 64.9 cm³/mol. The number of nitrogens with two attached hydrogens (primary N) is 1. The van der Waals surface area contributed by atoms with Gasteiger partial charge in [0, 0.05) is 32.1 Å². The molecule has 0 aromatic heterocycles. The zero-order valence-electron chi connectivity index (χ0n) is 9.76. The first-order chi connectivity index (χ1) is 7.62. The second kappa shape index (κ2) is 4.53. The van der Waals surface area contributed by atoms with Gasteiger partial charge in [0.1, 0.15) is 0 Å². The molecule has 0 amide bonds. The van der Waals surface area contributed by atoms with Crippen LogP contribution in [-0.4, -0.2) is 35.2 Å². The van der Waals surface area contributed by atoms with Crippen molar-refractivity contribution in [1.82, 2.24) is 4.90 Å². The van der Waals surface area contributed by atoms with E-state index in [9.17, 15) is 5.11 Å². The highest BCUT2D eigenvalue weighted by Crippen LogP contribution is 2.27. The van der Waals surface area contributed by atoms with Crippen LogP contribution in [0.4, 0.5) is 0 Å². The van der Waals surface area contributed by atoms with Gasteiger partial charge in [0.25, 0.3) is 0 Å². The lowest BCUT2D eigenvalue weighted by molar-refractivity contribution is -0.0706. The third-order valence-electron chi connectivity index (χ3n) is 3.50. The molecule has 0 radical (unpaired) electrons. The molecule has 1 fully saturated rings. The van der Waals surface area contributed by atoms with Crippen LogP contribution in [0, 0.1) is 5.92 Å². The number of hydrogen-bond donors (Lipinski definition) is 2. The van der Waals surface area contributed by atoms with E-state index >= 15 is 0 Å². The third-order valence-corrected chi connectivity index (χ3v) is 3.50. The van der Waals surface area contributed by atoms with Crippen molar-refractivity contribution in [2.24, 2.45) is 11.7 Å². The molecule has 3 nitrogen and oxygen atoms in total. The smallest absolute Gasteiger partial charge is 0.0793 e. The fourth-order valence-corrected chi connectivity index (χ4v) is 2.10. The van der Waals surface area contributed by atoms with Gasteiger partial charge in [-0.1, -0.05) is 30.3 Å². The maximum absolute atomic E-state index is 9.98. The highest BCUT2D eigenvalue weighted by Gasteiger charge is 2.39. The fraction of sp³-hybridized carbons (Fsp3) is 0.538. The molecule has 88 valence electrons. The number of rotatable bonds is 4. The van der Waals surface area contributed by atoms with Crippen LogP contribution in [0.5, 0.6) is 0 Å². The van der Waals surface area contributed by atoms with E-state index in [2.05, 4.69) is 29.2 Å². The molecule has 1 unspecified atom stereocenters. The highest BCUT2D eigenvalue weighted by molar-refractivity contribution is 5.15. The Kier molecular flexibility index (Phi) is 3.28. The van der Waals surface area contributed by atoms with Gasteiger partial charge in [0.2, 0.25) is 0 Å². The fourth-order valence-electron chi connectivity index (χ4n) is 2.10. The zero-order valence-corrected chi connectivity index (χ0v) is 9.76. The Morgan fingerprint density at radius 3 is 2.56 bits per heavy atom.